The highest BCUT2D eigenvalue weighted by atomic mass is 16.5. The van der Waals surface area contributed by atoms with Crippen LogP contribution >= 0.6 is 0 Å². The van der Waals surface area contributed by atoms with Crippen LogP contribution in [-0.4, -0.2) is 31.2 Å². The predicted molar refractivity (Wildman–Crippen MR) is 103 cm³/mol. The van der Waals surface area contributed by atoms with Gasteiger partial charge in [-0.2, -0.15) is 5.10 Å². The first kappa shape index (κ1) is 20.0. The van der Waals surface area contributed by atoms with Crippen LogP contribution in [0.1, 0.15) is 25.0 Å². The molecule has 2 amide bonds. The molecule has 0 aliphatic heterocycles. The van der Waals surface area contributed by atoms with Crippen molar-refractivity contribution in [3.8, 4) is 11.5 Å². The molecule has 0 aromatic heterocycles. The normalized spacial score (nSPS) is 10.7. The lowest BCUT2D eigenvalue weighted by molar-refractivity contribution is -0.139. The van der Waals surface area contributed by atoms with E-state index in [4.69, 9.17) is 9.47 Å². The molecule has 0 radical (unpaired) electrons. The first-order valence-corrected chi connectivity index (χ1v) is 8.48. The fraction of sp³-hybridized carbons (Fsp3) is 0.250. The fourth-order valence-corrected chi connectivity index (χ4v) is 2.16. The summed E-state index contributed by atoms with van der Waals surface area (Å²) in [5, 5.41) is 6.27. The highest BCUT2D eigenvalue weighted by Crippen LogP contribution is 2.28. The van der Waals surface area contributed by atoms with Crippen molar-refractivity contribution < 1.29 is 19.1 Å². The van der Waals surface area contributed by atoms with Gasteiger partial charge in [-0.05, 0) is 43.2 Å². The second kappa shape index (κ2) is 9.96. The Bertz CT molecular complexity index is 804. The van der Waals surface area contributed by atoms with E-state index >= 15 is 0 Å². The van der Waals surface area contributed by atoms with Crippen molar-refractivity contribution in [2.75, 3.05) is 7.11 Å². The van der Waals surface area contributed by atoms with Crippen LogP contribution < -0.4 is 20.2 Å². The molecule has 0 bridgehead atoms. The lowest BCUT2D eigenvalue weighted by atomic mass is 10.2. The van der Waals surface area contributed by atoms with Gasteiger partial charge in [-0.15, -0.1) is 0 Å². The van der Waals surface area contributed by atoms with Gasteiger partial charge in [-0.1, -0.05) is 30.3 Å². The van der Waals surface area contributed by atoms with Crippen molar-refractivity contribution in [1.82, 2.24) is 10.7 Å². The SMILES string of the molecule is COc1cc(C=NNC(=O)C(=O)NC(C)C)ccc1OCc1ccccc1. The topological polar surface area (TPSA) is 89.0 Å². The third-order valence-corrected chi connectivity index (χ3v) is 3.43. The maximum atomic E-state index is 11.6. The van der Waals surface area contributed by atoms with Crippen molar-refractivity contribution in [2.24, 2.45) is 5.10 Å². The number of amides is 2. The van der Waals surface area contributed by atoms with Crippen molar-refractivity contribution in [2.45, 2.75) is 26.5 Å². The van der Waals surface area contributed by atoms with Crippen LogP contribution in [0.3, 0.4) is 0 Å². The molecule has 27 heavy (non-hydrogen) atoms. The van der Waals surface area contributed by atoms with Crippen LogP contribution in [0.25, 0.3) is 0 Å². The van der Waals surface area contributed by atoms with E-state index in [1.807, 2.05) is 30.3 Å². The van der Waals surface area contributed by atoms with E-state index in [1.54, 1.807) is 39.2 Å². The molecule has 2 rings (SSSR count). The Balaban J connectivity index is 1.96. The minimum atomic E-state index is -0.824. The van der Waals surface area contributed by atoms with Crippen LogP contribution in [0.4, 0.5) is 0 Å². The summed E-state index contributed by atoms with van der Waals surface area (Å²) >= 11 is 0. The Morgan fingerprint density at radius 2 is 1.81 bits per heavy atom. The molecule has 0 aliphatic carbocycles. The molecule has 0 spiro atoms. The number of carbonyl (C=O) groups excluding carboxylic acids is 2. The molecule has 0 heterocycles. The molecule has 2 N–H and O–H groups in total. The molecule has 7 nitrogen and oxygen atoms in total. The highest BCUT2D eigenvalue weighted by Gasteiger charge is 2.13. The van der Waals surface area contributed by atoms with Crippen molar-refractivity contribution >= 4 is 18.0 Å². The Morgan fingerprint density at radius 3 is 2.48 bits per heavy atom. The molecule has 0 aliphatic rings. The molecule has 0 atom stereocenters. The average molecular weight is 369 g/mol. The molecule has 0 fully saturated rings. The summed E-state index contributed by atoms with van der Waals surface area (Å²) in [7, 11) is 1.55. The fourth-order valence-electron chi connectivity index (χ4n) is 2.16. The van der Waals surface area contributed by atoms with Crippen LogP contribution in [0.15, 0.2) is 53.6 Å². The number of carbonyl (C=O) groups is 2. The second-order valence-electron chi connectivity index (χ2n) is 6.01. The average Bonchev–Trinajstić information content (AvgIpc) is 2.66. The van der Waals surface area contributed by atoms with E-state index in [0.29, 0.717) is 23.7 Å². The smallest absolute Gasteiger partial charge is 0.329 e. The van der Waals surface area contributed by atoms with Gasteiger partial charge in [0.15, 0.2) is 11.5 Å². The quantitative estimate of drug-likeness (QED) is 0.445. The molecule has 0 saturated heterocycles. The summed E-state index contributed by atoms with van der Waals surface area (Å²) in [5.74, 6) is -0.420. The highest BCUT2D eigenvalue weighted by molar-refractivity contribution is 6.35. The Hall–Kier alpha value is -3.35. The first-order valence-electron chi connectivity index (χ1n) is 8.48. The summed E-state index contributed by atoms with van der Waals surface area (Å²) in [6.45, 7) is 3.95. The molecule has 142 valence electrons. The van der Waals surface area contributed by atoms with E-state index in [0.717, 1.165) is 5.56 Å². The van der Waals surface area contributed by atoms with Gasteiger partial charge in [-0.3, -0.25) is 9.59 Å². The number of hydrogen-bond donors (Lipinski definition) is 2. The van der Waals surface area contributed by atoms with Crippen molar-refractivity contribution in [3.05, 3.63) is 59.7 Å². The summed E-state index contributed by atoms with van der Waals surface area (Å²) < 4.78 is 11.1. The number of nitrogens with one attached hydrogen (secondary N) is 2. The van der Waals surface area contributed by atoms with Crippen molar-refractivity contribution in [1.29, 1.82) is 0 Å². The number of benzene rings is 2. The van der Waals surface area contributed by atoms with Gasteiger partial charge in [-0.25, -0.2) is 5.43 Å². The van der Waals surface area contributed by atoms with Crippen LogP contribution in [0.5, 0.6) is 11.5 Å². The number of hydrogen-bond acceptors (Lipinski definition) is 5. The molecule has 0 saturated carbocycles. The van der Waals surface area contributed by atoms with Gasteiger partial charge in [0.25, 0.3) is 0 Å². The summed E-state index contributed by atoms with van der Waals surface area (Å²) in [6, 6.07) is 14.9. The zero-order chi connectivity index (χ0) is 19.6. The third-order valence-electron chi connectivity index (χ3n) is 3.43. The van der Waals surface area contributed by atoms with Gasteiger partial charge in [0.2, 0.25) is 0 Å². The van der Waals surface area contributed by atoms with Crippen LogP contribution in [0.2, 0.25) is 0 Å². The summed E-state index contributed by atoms with van der Waals surface area (Å²) in [6.07, 6.45) is 1.42. The first-order chi connectivity index (χ1) is 13.0. The minimum Gasteiger partial charge on any atom is -0.493 e. The monoisotopic (exact) mass is 369 g/mol. The number of hydrazone groups is 1. The van der Waals surface area contributed by atoms with E-state index < -0.39 is 11.8 Å². The van der Waals surface area contributed by atoms with Gasteiger partial charge < -0.3 is 14.8 Å². The van der Waals surface area contributed by atoms with Crippen LogP contribution in [0, 0.1) is 0 Å². The van der Waals surface area contributed by atoms with E-state index in [9.17, 15) is 9.59 Å². The van der Waals surface area contributed by atoms with Crippen LogP contribution in [-0.2, 0) is 16.2 Å². The molecule has 2 aromatic rings. The molecule has 0 unspecified atom stereocenters. The maximum absolute atomic E-state index is 11.6. The standard InChI is InChI=1S/C20H23N3O4/c1-14(2)22-19(24)20(25)23-21-12-16-9-10-17(18(11-16)26-3)27-13-15-7-5-4-6-8-15/h4-12,14H,13H2,1-3H3,(H,22,24)(H,23,25). The Morgan fingerprint density at radius 1 is 1.07 bits per heavy atom. The lowest BCUT2D eigenvalue weighted by Gasteiger charge is -2.11. The molecule has 7 heteroatoms. The molecular formula is C20H23N3O4. The predicted octanol–water partition coefficient (Wildman–Crippen LogP) is 2.25. The molecule has 2 aromatic carbocycles. The van der Waals surface area contributed by atoms with E-state index in [1.165, 1.54) is 6.21 Å². The van der Waals surface area contributed by atoms with Gasteiger partial charge >= 0.3 is 11.8 Å². The zero-order valence-electron chi connectivity index (χ0n) is 15.6. The number of nitrogens with zero attached hydrogens (tertiary/aromatic N) is 1. The Kier molecular flexibility index (Phi) is 7.37. The molecular weight excluding hydrogens is 346 g/mol. The van der Waals surface area contributed by atoms with Gasteiger partial charge in [0.1, 0.15) is 6.61 Å². The number of ether oxygens (including phenoxy) is 2. The maximum Gasteiger partial charge on any atom is 0.329 e. The number of methoxy groups -OCH3 is 1. The third kappa shape index (κ3) is 6.47. The number of rotatable bonds is 7. The van der Waals surface area contributed by atoms with Crippen molar-refractivity contribution in [3.63, 3.8) is 0 Å². The largest absolute Gasteiger partial charge is 0.493 e. The summed E-state index contributed by atoms with van der Waals surface area (Å²) in [4.78, 5) is 23.1. The van der Waals surface area contributed by atoms with E-state index in [-0.39, 0.29) is 6.04 Å². The minimum absolute atomic E-state index is 0.125. The van der Waals surface area contributed by atoms with Gasteiger partial charge in [0.05, 0.1) is 13.3 Å². The zero-order valence-corrected chi connectivity index (χ0v) is 15.6. The summed E-state index contributed by atoms with van der Waals surface area (Å²) in [5.41, 5.74) is 3.91. The lowest BCUT2D eigenvalue weighted by Crippen LogP contribution is -2.41. The Labute approximate surface area is 158 Å². The van der Waals surface area contributed by atoms with Gasteiger partial charge in [0, 0.05) is 6.04 Å². The second-order valence-corrected chi connectivity index (χ2v) is 6.01. The van der Waals surface area contributed by atoms with E-state index in [2.05, 4.69) is 15.8 Å².